The van der Waals surface area contributed by atoms with Crippen molar-refractivity contribution in [1.82, 2.24) is 19.7 Å². The molecule has 28 heavy (non-hydrogen) atoms. The molecule has 0 radical (unpaired) electrons. The van der Waals surface area contributed by atoms with Gasteiger partial charge in [0.25, 0.3) is 0 Å². The number of hydrogen-bond donors (Lipinski definition) is 1. The first-order valence-corrected chi connectivity index (χ1v) is 9.20. The predicted octanol–water partition coefficient (Wildman–Crippen LogP) is 4.16. The van der Waals surface area contributed by atoms with Crippen molar-refractivity contribution in [2.24, 2.45) is 0 Å². The second kappa shape index (κ2) is 7.34. The van der Waals surface area contributed by atoms with Crippen molar-refractivity contribution >= 4 is 22.4 Å². The summed E-state index contributed by atoms with van der Waals surface area (Å²) in [6.45, 7) is 7.29. The number of carbonyl (C=O) groups excluding carboxylic acids is 1. The smallest absolute Gasteiger partial charge is 0.302 e. The maximum Gasteiger partial charge on any atom is 0.417 e. The van der Waals surface area contributed by atoms with E-state index < -0.39 is 11.7 Å². The summed E-state index contributed by atoms with van der Waals surface area (Å²) in [5.74, 6) is 0.0197. The Morgan fingerprint density at radius 3 is 2.43 bits per heavy atom. The summed E-state index contributed by atoms with van der Waals surface area (Å²) in [6, 6.07) is 2.21. The van der Waals surface area contributed by atoms with Crippen LogP contribution in [0.15, 0.2) is 18.3 Å². The molecule has 0 bridgehead atoms. The van der Waals surface area contributed by atoms with Gasteiger partial charge in [0.05, 0.1) is 23.4 Å². The average Bonchev–Trinajstić information content (AvgIpc) is 3.07. The van der Waals surface area contributed by atoms with E-state index in [0.717, 1.165) is 22.8 Å². The lowest BCUT2D eigenvalue weighted by molar-refractivity contribution is -0.137. The largest absolute Gasteiger partial charge is 0.417 e. The van der Waals surface area contributed by atoms with Gasteiger partial charge in [-0.05, 0) is 39.8 Å². The lowest BCUT2D eigenvalue weighted by Gasteiger charge is -2.08. The van der Waals surface area contributed by atoms with E-state index in [2.05, 4.69) is 20.4 Å². The third-order valence-electron chi connectivity index (χ3n) is 4.35. The fraction of sp³-hybridized carbons (Fsp3) is 0.333. The van der Waals surface area contributed by atoms with E-state index in [1.54, 1.807) is 13.8 Å². The van der Waals surface area contributed by atoms with Crippen molar-refractivity contribution in [3.8, 4) is 5.82 Å². The van der Waals surface area contributed by atoms with Crippen molar-refractivity contribution in [2.75, 3.05) is 5.32 Å². The highest BCUT2D eigenvalue weighted by molar-refractivity contribution is 7.15. The minimum atomic E-state index is -4.45. The van der Waals surface area contributed by atoms with E-state index in [4.69, 9.17) is 0 Å². The molecule has 0 unspecified atom stereocenters. The number of halogens is 3. The lowest BCUT2D eigenvalue weighted by atomic mass is 10.1. The molecule has 10 heteroatoms. The number of nitrogens with zero attached hydrogens (tertiary/aromatic N) is 4. The first-order valence-electron chi connectivity index (χ1n) is 8.39. The van der Waals surface area contributed by atoms with Gasteiger partial charge in [-0.15, -0.1) is 11.3 Å². The van der Waals surface area contributed by atoms with Crippen LogP contribution in [0.25, 0.3) is 5.82 Å². The molecule has 0 saturated heterocycles. The van der Waals surface area contributed by atoms with Gasteiger partial charge in [-0.25, -0.2) is 14.6 Å². The van der Waals surface area contributed by atoms with Gasteiger partial charge in [-0.2, -0.15) is 18.3 Å². The number of hydrogen-bond acceptors (Lipinski definition) is 5. The highest BCUT2D eigenvalue weighted by atomic mass is 32.1. The van der Waals surface area contributed by atoms with E-state index in [-0.39, 0.29) is 18.1 Å². The zero-order valence-corrected chi connectivity index (χ0v) is 16.5. The zero-order chi connectivity index (χ0) is 20.6. The van der Waals surface area contributed by atoms with Gasteiger partial charge in [0.15, 0.2) is 10.9 Å². The van der Waals surface area contributed by atoms with Crippen LogP contribution in [0, 0.1) is 27.7 Å². The molecule has 1 amide bonds. The van der Waals surface area contributed by atoms with Gasteiger partial charge in [0, 0.05) is 22.3 Å². The third-order valence-corrected chi connectivity index (χ3v) is 5.33. The Morgan fingerprint density at radius 2 is 1.89 bits per heavy atom. The van der Waals surface area contributed by atoms with Crippen molar-refractivity contribution in [1.29, 1.82) is 0 Å². The molecule has 0 aliphatic heterocycles. The number of nitrogens with one attached hydrogen (secondary N) is 1. The maximum atomic E-state index is 12.7. The van der Waals surface area contributed by atoms with Crippen LogP contribution in [0.4, 0.5) is 18.3 Å². The number of thiazole rings is 1. The molecule has 1 N–H and O–H groups in total. The Hall–Kier alpha value is -2.75. The van der Waals surface area contributed by atoms with E-state index in [9.17, 15) is 18.0 Å². The number of rotatable bonds is 4. The summed E-state index contributed by atoms with van der Waals surface area (Å²) in [4.78, 5) is 21.6. The molecule has 3 aromatic heterocycles. The quantitative estimate of drug-likeness (QED) is 0.702. The van der Waals surface area contributed by atoms with Gasteiger partial charge in [-0.3, -0.25) is 4.79 Å². The van der Waals surface area contributed by atoms with Crippen LogP contribution in [0.3, 0.4) is 0 Å². The molecule has 0 aromatic carbocycles. The lowest BCUT2D eigenvalue weighted by Crippen LogP contribution is -2.15. The molecule has 6 nitrogen and oxygen atoms in total. The fourth-order valence-corrected chi connectivity index (χ4v) is 3.51. The van der Waals surface area contributed by atoms with Crippen LogP contribution in [0.5, 0.6) is 0 Å². The van der Waals surface area contributed by atoms with Gasteiger partial charge in [0.2, 0.25) is 5.91 Å². The normalized spacial score (nSPS) is 11.7. The Kier molecular flexibility index (Phi) is 5.24. The number of amides is 1. The molecule has 148 valence electrons. The summed E-state index contributed by atoms with van der Waals surface area (Å²) in [6.07, 6.45) is -3.60. The molecule has 3 aromatic rings. The Bertz CT molecular complexity index is 1000. The second-order valence-electron chi connectivity index (χ2n) is 6.35. The Labute approximate surface area is 163 Å². The van der Waals surface area contributed by atoms with Crippen molar-refractivity contribution in [3.05, 3.63) is 51.4 Å². The van der Waals surface area contributed by atoms with Crippen molar-refractivity contribution in [2.45, 2.75) is 40.3 Å². The molecular formula is C18H18F3N5OS. The monoisotopic (exact) mass is 409 g/mol. The van der Waals surface area contributed by atoms with Crippen molar-refractivity contribution < 1.29 is 18.0 Å². The van der Waals surface area contributed by atoms with Gasteiger partial charge < -0.3 is 5.32 Å². The molecule has 0 saturated carbocycles. The van der Waals surface area contributed by atoms with Crippen LogP contribution < -0.4 is 5.32 Å². The van der Waals surface area contributed by atoms with Crippen LogP contribution >= 0.6 is 11.3 Å². The molecule has 0 aliphatic rings. The topological polar surface area (TPSA) is 72.7 Å². The van der Waals surface area contributed by atoms with E-state index in [0.29, 0.717) is 22.1 Å². The molecule has 0 aliphatic carbocycles. The Balaban J connectivity index is 1.80. The van der Waals surface area contributed by atoms with Crippen LogP contribution in [0.2, 0.25) is 0 Å². The van der Waals surface area contributed by atoms with Crippen LogP contribution in [-0.4, -0.2) is 25.7 Å². The van der Waals surface area contributed by atoms with Crippen LogP contribution in [0.1, 0.15) is 33.1 Å². The molecule has 0 fully saturated rings. The van der Waals surface area contributed by atoms with E-state index in [1.807, 2.05) is 13.8 Å². The highest BCUT2D eigenvalue weighted by Gasteiger charge is 2.31. The highest BCUT2D eigenvalue weighted by Crippen LogP contribution is 2.29. The fourth-order valence-electron chi connectivity index (χ4n) is 2.68. The number of pyridine rings is 1. The summed E-state index contributed by atoms with van der Waals surface area (Å²) < 4.78 is 39.6. The minimum absolute atomic E-state index is 0.0793. The SMILES string of the molecule is Cc1nc(NC(=O)Cc2c(C)nn(-c3ccc(C(F)(F)F)cn3)c2C)sc1C. The summed E-state index contributed by atoms with van der Waals surface area (Å²) in [7, 11) is 0. The minimum Gasteiger partial charge on any atom is -0.302 e. The molecule has 0 atom stereocenters. The summed E-state index contributed by atoms with van der Waals surface area (Å²) in [5, 5.41) is 7.64. The van der Waals surface area contributed by atoms with Crippen LogP contribution in [-0.2, 0) is 17.4 Å². The van der Waals surface area contributed by atoms with Gasteiger partial charge >= 0.3 is 6.18 Å². The standard InChI is InChI=1S/C18H18F3N5OS/c1-9-12(4)28-17(23-9)24-16(27)7-14-10(2)25-26(11(14)3)15-6-5-13(8-22-15)18(19,20)21/h5-6,8H,7H2,1-4H3,(H,23,24,27). The predicted molar refractivity (Wildman–Crippen MR) is 99.8 cm³/mol. The maximum absolute atomic E-state index is 12.7. The summed E-state index contributed by atoms with van der Waals surface area (Å²) in [5.41, 5.74) is 2.00. The molecular weight excluding hydrogens is 391 g/mol. The molecule has 3 rings (SSSR count). The number of aromatic nitrogens is 4. The van der Waals surface area contributed by atoms with Crippen molar-refractivity contribution in [3.63, 3.8) is 0 Å². The average molecular weight is 409 g/mol. The summed E-state index contributed by atoms with van der Waals surface area (Å²) >= 11 is 1.40. The zero-order valence-electron chi connectivity index (χ0n) is 15.7. The Morgan fingerprint density at radius 1 is 1.18 bits per heavy atom. The van der Waals surface area contributed by atoms with Gasteiger partial charge in [-0.1, -0.05) is 0 Å². The first kappa shape index (κ1) is 20.0. The number of aryl methyl sites for hydroxylation is 3. The van der Waals surface area contributed by atoms with E-state index in [1.165, 1.54) is 22.1 Å². The van der Waals surface area contributed by atoms with Gasteiger partial charge in [0.1, 0.15) is 0 Å². The molecule has 0 spiro atoms. The van der Waals surface area contributed by atoms with E-state index >= 15 is 0 Å². The number of anilines is 1. The third kappa shape index (κ3) is 4.06. The first-order chi connectivity index (χ1) is 13.1. The molecule has 3 heterocycles. The number of carbonyl (C=O) groups is 1. The number of alkyl halides is 3. The second-order valence-corrected chi connectivity index (χ2v) is 7.55.